The predicted octanol–water partition coefficient (Wildman–Crippen LogP) is 8.24. The van der Waals surface area contributed by atoms with Gasteiger partial charge in [-0.1, -0.05) is 40.7 Å². The number of nitrogens with two attached hydrogens (primary N) is 2. The fourth-order valence-electron chi connectivity index (χ4n) is 10.8. The molecule has 1 aromatic rings. The van der Waals surface area contributed by atoms with Crippen LogP contribution in [0.5, 0.6) is 0 Å². The van der Waals surface area contributed by atoms with Crippen molar-refractivity contribution < 1.29 is 4.74 Å². The molecule has 0 saturated heterocycles. The lowest BCUT2D eigenvalue weighted by atomic mass is 9.41. The van der Waals surface area contributed by atoms with Crippen molar-refractivity contribution in [3.63, 3.8) is 0 Å². The molecule has 0 spiro atoms. The minimum atomic E-state index is 0.182. The number of anilines is 2. The second-order valence-corrected chi connectivity index (χ2v) is 14.4. The highest BCUT2D eigenvalue weighted by atomic mass is 16.5. The second-order valence-electron chi connectivity index (χ2n) is 14.4. The lowest BCUT2D eigenvalue weighted by molar-refractivity contribution is -0.193. The molecular formula is C33H52N2O. The summed E-state index contributed by atoms with van der Waals surface area (Å²) in [5, 5.41) is 0. The first-order chi connectivity index (χ1) is 17.0. The van der Waals surface area contributed by atoms with Crippen molar-refractivity contribution in [1.29, 1.82) is 0 Å². The molecular weight excluding hydrogens is 440 g/mol. The molecule has 0 amide bonds. The van der Waals surface area contributed by atoms with E-state index in [0.717, 1.165) is 52.4 Å². The quantitative estimate of drug-likeness (QED) is 0.310. The molecule has 3 heteroatoms. The highest BCUT2D eigenvalue weighted by molar-refractivity contribution is 5.54. The average molecular weight is 493 g/mol. The highest BCUT2D eigenvalue weighted by Gasteiger charge is 2.63. The van der Waals surface area contributed by atoms with Crippen LogP contribution < -0.4 is 11.5 Å². The van der Waals surface area contributed by atoms with Gasteiger partial charge in [-0.05, 0) is 133 Å². The summed E-state index contributed by atoms with van der Waals surface area (Å²) < 4.78 is 6.65. The van der Waals surface area contributed by atoms with Crippen LogP contribution in [0.2, 0.25) is 0 Å². The van der Waals surface area contributed by atoms with Crippen LogP contribution in [0.4, 0.5) is 11.4 Å². The Morgan fingerprint density at radius 3 is 2.28 bits per heavy atom. The first-order valence-corrected chi connectivity index (χ1v) is 14.9. The second kappa shape index (κ2) is 9.37. The number of allylic oxidation sites excluding steroid dienone is 1. The summed E-state index contributed by atoms with van der Waals surface area (Å²) in [7, 11) is 0. The molecule has 0 aromatic heterocycles. The summed E-state index contributed by atoms with van der Waals surface area (Å²) in [6, 6.07) is 5.83. The van der Waals surface area contributed by atoms with Gasteiger partial charge in [0.1, 0.15) is 0 Å². The van der Waals surface area contributed by atoms with Crippen molar-refractivity contribution >= 4 is 11.4 Å². The van der Waals surface area contributed by atoms with Crippen molar-refractivity contribution in [3.05, 3.63) is 36.4 Å². The Labute approximate surface area is 220 Å². The van der Waals surface area contributed by atoms with E-state index in [2.05, 4.69) is 47.3 Å². The van der Waals surface area contributed by atoms with Crippen LogP contribution in [0.25, 0.3) is 0 Å². The van der Waals surface area contributed by atoms with Crippen LogP contribution in [0, 0.1) is 51.8 Å². The largest absolute Gasteiger partial charge is 0.399 e. The third-order valence-corrected chi connectivity index (χ3v) is 12.3. The number of hydrogen-bond acceptors (Lipinski definition) is 3. The van der Waals surface area contributed by atoms with E-state index in [0.29, 0.717) is 23.5 Å². The molecule has 4 aliphatic carbocycles. The van der Waals surface area contributed by atoms with E-state index in [1.54, 1.807) is 0 Å². The van der Waals surface area contributed by atoms with Crippen LogP contribution in [0.1, 0.15) is 98.0 Å². The maximum Gasteiger partial charge on any atom is 0.0722 e. The summed E-state index contributed by atoms with van der Waals surface area (Å²) >= 11 is 0. The van der Waals surface area contributed by atoms with Gasteiger partial charge >= 0.3 is 0 Å². The van der Waals surface area contributed by atoms with Gasteiger partial charge in [-0.3, -0.25) is 0 Å². The summed E-state index contributed by atoms with van der Waals surface area (Å²) in [4.78, 5) is 0. The summed E-state index contributed by atoms with van der Waals surface area (Å²) in [5.74, 6) is 5.14. The third kappa shape index (κ3) is 4.12. The smallest absolute Gasteiger partial charge is 0.0722 e. The molecule has 0 bridgehead atoms. The maximum absolute atomic E-state index is 6.65. The Morgan fingerprint density at radius 1 is 0.917 bits per heavy atom. The van der Waals surface area contributed by atoms with Crippen molar-refractivity contribution in [2.24, 2.45) is 51.8 Å². The minimum absolute atomic E-state index is 0.182. The lowest BCUT2D eigenvalue weighted by Crippen LogP contribution is -2.59. The van der Waals surface area contributed by atoms with Crippen LogP contribution in [-0.4, -0.2) is 6.10 Å². The zero-order valence-corrected chi connectivity index (χ0v) is 23.7. The van der Waals surface area contributed by atoms with Crippen LogP contribution in [-0.2, 0) is 11.3 Å². The standard InChI is InChI=1S/C33H52N2O/c1-7-8-21(2)26-10-11-27-25-9-12-29-31(3,4)30(36-20-22-17-23(34)19-24(35)18-22)14-16-33(29,6)28(25)13-15-32(26,27)5/h7,17-19,21,25-30H,1,8-16,20,34-35H2,2-6H3/t21-,25+,26-,27+,28+,29?,30?,32-,33-/m1/s1. The summed E-state index contributed by atoms with van der Waals surface area (Å²) in [5.41, 5.74) is 15.8. The zero-order valence-electron chi connectivity index (χ0n) is 23.7. The SMILES string of the molecule is C=CC[C@@H](C)[C@H]1CC[C@H]2[C@@H]3CCC4C(C)(C)C(OCc5cc(N)cc(N)c5)CC[C@]4(C)[C@H]3CC[C@]12C. The van der Waals surface area contributed by atoms with Crippen molar-refractivity contribution in [2.45, 2.75) is 105 Å². The minimum Gasteiger partial charge on any atom is -0.399 e. The van der Waals surface area contributed by atoms with Gasteiger partial charge < -0.3 is 16.2 Å². The molecule has 0 heterocycles. The monoisotopic (exact) mass is 492 g/mol. The Balaban J connectivity index is 1.31. The molecule has 3 nitrogen and oxygen atoms in total. The molecule has 36 heavy (non-hydrogen) atoms. The number of hydrogen-bond donors (Lipinski definition) is 2. The van der Waals surface area contributed by atoms with E-state index >= 15 is 0 Å². The van der Waals surface area contributed by atoms with Crippen LogP contribution >= 0.6 is 0 Å². The highest BCUT2D eigenvalue weighted by Crippen LogP contribution is 2.70. The first kappa shape index (κ1) is 26.1. The molecule has 4 aliphatic rings. The van der Waals surface area contributed by atoms with Gasteiger partial charge in [0.2, 0.25) is 0 Å². The Hall–Kier alpha value is -1.48. The van der Waals surface area contributed by atoms with Crippen molar-refractivity contribution in [2.75, 3.05) is 11.5 Å². The number of nitrogen functional groups attached to an aromatic ring is 2. The Bertz CT molecular complexity index is 950. The molecule has 2 unspecified atom stereocenters. The fourth-order valence-corrected chi connectivity index (χ4v) is 10.8. The molecule has 9 atom stereocenters. The normalized spacial score (nSPS) is 42.1. The topological polar surface area (TPSA) is 61.3 Å². The van der Waals surface area contributed by atoms with E-state index < -0.39 is 0 Å². The van der Waals surface area contributed by atoms with E-state index in [1.165, 1.54) is 57.8 Å². The molecule has 1 aromatic carbocycles. The molecule has 0 aliphatic heterocycles. The van der Waals surface area contributed by atoms with Gasteiger partial charge in [0.25, 0.3) is 0 Å². The average Bonchev–Trinajstić information content (AvgIpc) is 3.15. The Kier molecular flexibility index (Phi) is 6.80. The van der Waals surface area contributed by atoms with Crippen LogP contribution in [0.3, 0.4) is 0 Å². The van der Waals surface area contributed by atoms with Gasteiger partial charge in [-0.15, -0.1) is 6.58 Å². The molecule has 0 radical (unpaired) electrons. The fraction of sp³-hybridized carbons (Fsp3) is 0.758. The van der Waals surface area contributed by atoms with Crippen molar-refractivity contribution in [1.82, 2.24) is 0 Å². The third-order valence-electron chi connectivity index (χ3n) is 12.3. The zero-order chi connectivity index (χ0) is 25.9. The summed E-state index contributed by atoms with van der Waals surface area (Å²) in [6.45, 7) is 17.5. The molecule has 4 fully saturated rings. The summed E-state index contributed by atoms with van der Waals surface area (Å²) in [6.07, 6.45) is 14.7. The molecule has 4 N–H and O–H groups in total. The van der Waals surface area contributed by atoms with E-state index in [-0.39, 0.29) is 5.41 Å². The first-order valence-electron chi connectivity index (χ1n) is 14.9. The van der Waals surface area contributed by atoms with E-state index in [9.17, 15) is 0 Å². The molecule has 4 saturated carbocycles. The molecule has 5 rings (SSSR count). The van der Waals surface area contributed by atoms with Crippen molar-refractivity contribution in [3.8, 4) is 0 Å². The predicted molar refractivity (Wildman–Crippen MR) is 152 cm³/mol. The van der Waals surface area contributed by atoms with Gasteiger partial charge in [-0.25, -0.2) is 0 Å². The van der Waals surface area contributed by atoms with Gasteiger partial charge in [0.15, 0.2) is 0 Å². The number of benzene rings is 1. The van der Waals surface area contributed by atoms with Gasteiger partial charge in [0, 0.05) is 11.4 Å². The number of fused-ring (bicyclic) bond motifs is 5. The van der Waals surface area contributed by atoms with Crippen LogP contribution in [0.15, 0.2) is 30.9 Å². The number of ether oxygens (including phenoxy) is 1. The van der Waals surface area contributed by atoms with Gasteiger partial charge in [0.05, 0.1) is 12.7 Å². The Morgan fingerprint density at radius 2 is 1.58 bits per heavy atom. The van der Waals surface area contributed by atoms with E-state index in [1.807, 2.05) is 18.2 Å². The maximum atomic E-state index is 6.65. The van der Waals surface area contributed by atoms with Gasteiger partial charge in [-0.2, -0.15) is 0 Å². The van der Waals surface area contributed by atoms with E-state index in [4.69, 9.17) is 16.2 Å². The lowest BCUT2D eigenvalue weighted by Gasteiger charge is -2.65. The molecule has 200 valence electrons. The number of rotatable bonds is 6.